The van der Waals surface area contributed by atoms with Crippen LogP contribution in [0.25, 0.3) is 11.0 Å². The summed E-state index contributed by atoms with van der Waals surface area (Å²) in [5.41, 5.74) is 9.71. The SMILES string of the molecule is CCn1c(C2CCC(N)C2)nc2cc(C)ccc21. The average Bonchev–Trinajstić information content (AvgIpc) is 2.91. The van der Waals surface area contributed by atoms with Crippen LogP contribution in [-0.4, -0.2) is 15.6 Å². The first kappa shape index (κ1) is 11.7. The third kappa shape index (κ3) is 1.83. The van der Waals surface area contributed by atoms with E-state index in [1.165, 1.54) is 23.3 Å². The second-order valence-corrected chi connectivity index (χ2v) is 5.48. The molecule has 0 radical (unpaired) electrons. The Morgan fingerprint density at radius 3 is 2.89 bits per heavy atom. The first-order valence-corrected chi connectivity index (χ1v) is 6.91. The van der Waals surface area contributed by atoms with Crippen LogP contribution in [0.4, 0.5) is 0 Å². The lowest BCUT2D eigenvalue weighted by Gasteiger charge is -2.11. The molecule has 2 unspecified atom stereocenters. The van der Waals surface area contributed by atoms with Crippen LogP contribution in [0.5, 0.6) is 0 Å². The summed E-state index contributed by atoms with van der Waals surface area (Å²) in [5, 5.41) is 0. The fraction of sp³-hybridized carbons (Fsp3) is 0.533. The number of nitrogens with zero attached hydrogens (tertiary/aromatic N) is 2. The minimum Gasteiger partial charge on any atom is -0.328 e. The van der Waals surface area contributed by atoms with Gasteiger partial charge < -0.3 is 10.3 Å². The average molecular weight is 243 g/mol. The van der Waals surface area contributed by atoms with Crippen molar-refractivity contribution in [2.24, 2.45) is 5.73 Å². The van der Waals surface area contributed by atoms with Gasteiger partial charge in [-0.15, -0.1) is 0 Å². The van der Waals surface area contributed by atoms with Gasteiger partial charge in [0.25, 0.3) is 0 Å². The maximum Gasteiger partial charge on any atom is 0.113 e. The van der Waals surface area contributed by atoms with Gasteiger partial charge in [-0.25, -0.2) is 4.98 Å². The summed E-state index contributed by atoms with van der Waals surface area (Å²) in [4.78, 5) is 4.87. The van der Waals surface area contributed by atoms with E-state index in [0.29, 0.717) is 12.0 Å². The molecular formula is C15H21N3. The molecule has 0 saturated heterocycles. The summed E-state index contributed by atoms with van der Waals surface area (Å²) >= 11 is 0. The molecule has 0 amide bonds. The van der Waals surface area contributed by atoms with Gasteiger partial charge in [0, 0.05) is 18.5 Å². The Morgan fingerprint density at radius 1 is 1.39 bits per heavy atom. The fourth-order valence-corrected chi connectivity index (χ4v) is 3.15. The maximum absolute atomic E-state index is 6.04. The Bertz CT molecular complexity index is 570. The molecule has 1 aromatic heterocycles. The molecule has 1 fully saturated rings. The molecule has 1 aliphatic rings. The van der Waals surface area contributed by atoms with E-state index in [9.17, 15) is 0 Å². The molecule has 1 aliphatic carbocycles. The van der Waals surface area contributed by atoms with Crippen molar-refractivity contribution in [1.29, 1.82) is 0 Å². The predicted octanol–water partition coefficient (Wildman–Crippen LogP) is 2.96. The van der Waals surface area contributed by atoms with E-state index in [4.69, 9.17) is 10.7 Å². The second-order valence-electron chi connectivity index (χ2n) is 5.48. The van der Waals surface area contributed by atoms with E-state index in [-0.39, 0.29) is 0 Å². The summed E-state index contributed by atoms with van der Waals surface area (Å²) < 4.78 is 2.36. The van der Waals surface area contributed by atoms with E-state index in [0.717, 1.165) is 24.9 Å². The van der Waals surface area contributed by atoms with Gasteiger partial charge in [0.2, 0.25) is 0 Å². The van der Waals surface area contributed by atoms with Gasteiger partial charge in [-0.3, -0.25) is 0 Å². The third-order valence-corrected chi connectivity index (χ3v) is 4.09. The predicted molar refractivity (Wildman–Crippen MR) is 74.7 cm³/mol. The summed E-state index contributed by atoms with van der Waals surface area (Å²) in [6, 6.07) is 6.90. The lowest BCUT2D eigenvalue weighted by molar-refractivity contribution is 0.598. The Hall–Kier alpha value is -1.35. The van der Waals surface area contributed by atoms with Gasteiger partial charge in [-0.2, -0.15) is 0 Å². The molecule has 2 N–H and O–H groups in total. The highest BCUT2D eigenvalue weighted by Crippen LogP contribution is 2.34. The van der Waals surface area contributed by atoms with Crippen molar-refractivity contribution in [1.82, 2.24) is 9.55 Å². The first-order chi connectivity index (χ1) is 8.69. The lowest BCUT2D eigenvalue weighted by atomic mass is 10.1. The Labute approximate surface area is 108 Å². The quantitative estimate of drug-likeness (QED) is 0.881. The second kappa shape index (κ2) is 4.39. The van der Waals surface area contributed by atoms with E-state index >= 15 is 0 Å². The number of fused-ring (bicyclic) bond motifs is 1. The van der Waals surface area contributed by atoms with Gasteiger partial charge in [0.1, 0.15) is 5.82 Å². The number of aryl methyl sites for hydroxylation is 2. The van der Waals surface area contributed by atoms with Gasteiger partial charge in [-0.1, -0.05) is 6.07 Å². The van der Waals surface area contributed by atoms with Gasteiger partial charge in [0.05, 0.1) is 11.0 Å². The molecule has 0 aliphatic heterocycles. The largest absolute Gasteiger partial charge is 0.328 e. The minimum atomic E-state index is 0.363. The highest BCUT2D eigenvalue weighted by Gasteiger charge is 2.27. The molecule has 1 saturated carbocycles. The highest BCUT2D eigenvalue weighted by molar-refractivity contribution is 5.77. The van der Waals surface area contributed by atoms with Crippen LogP contribution in [0.15, 0.2) is 18.2 Å². The third-order valence-electron chi connectivity index (χ3n) is 4.09. The van der Waals surface area contributed by atoms with Crippen molar-refractivity contribution >= 4 is 11.0 Å². The van der Waals surface area contributed by atoms with Crippen molar-refractivity contribution in [3.05, 3.63) is 29.6 Å². The zero-order chi connectivity index (χ0) is 12.7. The molecule has 0 spiro atoms. The van der Waals surface area contributed by atoms with Crippen LogP contribution in [0.3, 0.4) is 0 Å². The Morgan fingerprint density at radius 2 is 2.22 bits per heavy atom. The summed E-state index contributed by atoms with van der Waals surface area (Å²) in [6.45, 7) is 5.30. The molecule has 3 heteroatoms. The zero-order valence-electron chi connectivity index (χ0n) is 11.2. The molecule has 0 bridgehead atoms. The fourth-order valence-electron chi connectivity index (χ4n) is 3.15. The van der Waals surface area contributed by atoms with E-state index in [2.05, 4.69) is 36.6 Å². The van der Waals surface area contributed by atoms with Crippen molar-refractivity contribution < 1.29 is 0 Å². The highest BCUT2D eigenvalue weighted by atomic mass is 15.1. The molecule has 1 aromatic carbocycles. The molecule has 96 valence electrons. The van der Waals surface area contributed by atoms with Gasteiger partial charge in [0.15, 0.2) is 0 Å². The van der Waals surface area contributed by atoms with E-state index in [1.54, 1.807) is 0 Å². The van der Waals surface area contributed by atoms with Crippen molar-refractivity contribution in [3.63, 3.8) is 0 Å². The number of rotatable bonds is 2. The van der Waals surface area contributed by atoms with Crippen LogP contribution >= 0.6 is 0 Å². The number of imidazole rings is 1. The molecule has 3 nitrogen and oxygen atoms in total. The number of hydrogen-bond donors (Lipinski definition) is 1. The summed E-state index contributed by atoms with van der Waals surface area (Å²) in [7, 11) is 0. The summed E-state index contributed by atoms with van der Waals surface area (Å²) in [6.07, 6.45) is 3.41. The molecule has 18 heavy (non-hydrogen) atoms. The van der Waals surface area contributed by atoms with Crippen LogP contribution in [-0.2, 0) is 6.54 Å². The molecule has 2 atom stereocenters. The van der Waals surface area contributed by atoms with Gasteiger partial charge >= 0.3 is 0 Å². The topological polar surface area (TPSA) is 43.8 Å². The number of hydrogen-bond acceptors (Lipinski definition) is 2. The van der Waals surface area contributed by atoms with Crippen LogP contribution in [0, 0.1) is 6.92 Å². The van der Waals surface area contributed by atoms with E-state index in [1.807, 2.05) is 0 Å². The maximum atomic E-state index is 6.04. The van der Waals surface area contributed by atoms with Crippen molar-refractivity contribution in [2.45, 2.75) is 51.6 Å². The van der Waals surface area contributed by atoms with Crippen LogP contribution in [0.1, 0.15) is 43.5 Å². The van der Waals surface area contributed by atoms with Crippen molar-refractivity contribution in [3.8, 4) is 0 Å². The van der Waals surface area contributed by atoms with Gasteiger partial charge in [-0.05, 0) is 50.8 Å². The molecule has 2 aromatic rings. The molecule has 1 heterocycles. The summed E-state index contributed by atoms with van der Waals surface area (Å²) in [5.74, 6) is 1.79. The van der Waals surface area contributed by atoms with E-state index < -0.39 is 0 Å². The zero-order valence-corrected chi connectivity index (χ0v) is 11.2. The minimum absolute atomic E-state index is 0.363. The Kier molecular flexibility index (Phi) is 2.86. The number of aromatic nitrogens is 2. The smallest absolute Gasteiger partial charge is 0.113 e. The number of benzene rings is 1. The first-order valence-electron chi connectivity index (χ1n) is 6.91. The Balaban J connectivity index is 2.10. The van der Waals surface area contributed by atoms with Crippen LogP contribution in [0.2, 0.25) is 0 Å². The molecular weight excluding hydrogens is 222 g/mol. The standard InChI is InChI=1S/C15H21N3/c1-3-18-14-7-4-10(2)8-13(14)17-15(18)11-5-6-12(16)9-11/h4,7-8,11-12H,3,5-6,9,16H2,1-2H3. The molecule has 3 rings (SSSR count). The lowest BCUT2D eigenvalue weighted by Crippen LogP contribution is -2.15. The number of nitrogens with two attached hydrogens (primary N) is 1. The normalized spacial score (nSPS) is 23.9. The monoisotopic (exact) mass is 243 g/mol. The van der Waals surface area contributed by atoms with Crippen LogP contribution < -0.4 is 5.73 Å². The van der Waals surface area contributed by atoms with Crippen molar-refractivity contribution in [2.75, 3.05) is 0 Å².